The number of carbonyl (C=O) groups excluding carboxylic acids is 1. The van der Waals surface area contributed by atoms with Crippen LogP contribution in [0, 0.1) is 6.92 Å². The molecule has 0 spiro atoms. The largest absolute Gasteiger partial charge is 0.496 e. The van der Waals surface area contributed by atoms with E-state index in [0.717, 1.165) is 5.56 Å². The first-order valence-electron chi connectivity index (χ1n) is 6.61. The number of ether oxygens (including phenoxy) is 1. The Labute approximate surface area is 122 Å². The zero-order valence-corrected chi connectivity index (χ0v) is 12.1. The molecular formula is C15H18N2O4. The number of hydrogen-bond donors (Lipinski definition) is 1. The Hall–Kier alpha value is -2.34. The number of aromatic nitrogens is 1. The van der Waals surface area contributed by atoms with Crippen LogP contribution in [0.2, 0.25) is 0 Å². The topological polar surface area (TPSA) is 75.8 Å². The highest BCUT2D eigenvalue weighted by atomic mass is 16.5. The first-order valence-corrected chi connectivity index (χ1v) is 6.61. The second-order valence-electron chi connectivity index (χ2n) is 4.58. The van der Waals surface area contributed by atoms with Crippen LogP contribution >= 0.6 is 0 Å². The predicted octanol–water partition coefficient (Wildman–Crippen LogP) is 1.63. The van der Waals surface area contributed by atoms with Crippen molar-refractivity contribution in [1.29, 1.82) is 0 Å². The molecule has 0 aliphatic carbocycles. The molecule has 0 bridgehead atoms. The van der Waals surface area contributed by atoms with Gasteiger partial charge in [-0.25, -0.2) is 0 Å². The second kappa shape index (κ2) is 6.90. The molecule has 21 heavy (non-hydrogen) atoms. The molecule has 2 aromatic rings. The van der Waals surface area contributed by atoms with Gasteiger partial charge in [0, 0.05) is 24.7 Å². The summed E-state index contributed by atoms with van der Waals surface area (Å²) in [7, 11) is 1.58. The Bertz CT molecular complexity index is 609. The summed E-state index contributed by atoms with van der Waals surface area (Å²) in [6.45, 7) is 2.14. The maximum atomic E-state index is 12.4. The smallest absolute Gasteiger partial charge is 0.276 e. The fourth-order valence-electron chi connectivity index (χ4n) is 2.04. The Morgan fingerprint density at radius 2 is 2.19 bits per heavy atom. The zero-order valence-electron chi connectivity index (χ0n) is 12.1. The van der Waals surface area contributed by atoms with E-state index in [0.29, 0.717) is 18.1 Å². The summed E-state index contributed by atoms with van der Waals surface area (Å²) in [6.07, 6.45) is 0. The number of hydrogen-bond acceptors (Lipinski definition) is 5. The molecule has 0 unspecified atom stereocenters. The minimum atomic E-state index is -0.285. The van der Waals surface area contributed by atoms with Crippen molar-refractivity contribution >= 4 is 5.91 Å². The first kappa shape index (κ1) is 15.1. The molecule has 1 aromatic heterocycles. The molecule has 1 heterocycles. The number of aliphatic hydroxyl groups excluding tert-OH is 1. The van der Waals surface area contributed by atoms with Crippen LogP contribution in [0.25, 0.3) is 0 Å². The van der Waals surface area contributed by atoms with E-state index in [1.54, 1.807) is 20.1 Å². The van der Waals surface area contributed by atoms with E-state index in [4.69, 9.17) is 9.26 Å². The molecule has 1 N–H and O–H groups in total. The average Bonchev–Trinajstić information content (AvgIpc) is 2.93. The number of para-hydroxylation sites is 1. The number of carbonyl (C=O) groups is 1. The standard InChI is InChI=1S/C15H18N2O4/c1-11-9-13(16-21-11)15(19)17(7-8-18)10-12-5-3-4-6-14(12)20-2/h3-6,9,18H,7-8,10H2,1-2H3. The van der Waals surface area contributed by atoms with Gasteiger partial charge in [-0.3, -0.25) is 4.79 Å². The van der Waals surface area contributed by atoms with E-state index >= 15 is 0 Å². The third kappa shape index (κ3) is 3.61. The SMILES string of the molecule is COc1ccccc1CN(CCO)C(=O)c1cc(C)on1. The molecule has 1 aromatic carbocycles. The minimum absolute atomic E-state index is 0.127. The Balaban J connectivity index is 2.21. The van der Waals surface area contributed by atoms with Crippen LogP contribution in [-0.4, -0.2) is 41.3 Å². The lowest BCUT2D eigenvalue weighted by molar-refractivity contribution is 0.0696. The van der Waals surface area contributed by atoms with Gasteiger partial charge in [0.1, 0.15) is 11.5 Å². The van der Waals surface area contributed by atoms with Gasteiger partial charge in [-0.1, -0.05) is 23.4 Å². The summed E-state index contributed by atoms with van der Waals surface area (Å²) in [4.78, 5) is 13.9. The zero-order chi connectivity index (χ0) is 15.2. The number of methoxy groups -OCH3 is 1. The highest BCUT2D eigenvalue weighted by Crippen LogP contribution is 2.20. The van der Waals surface area contributed by atoms with Crippen LogP contribution in [0.3, 0.4) is 0 Å². The molecule has 0 radical (unpaired) electrons. The van der Waals surface area contributed by atoms with E-state index in [1.807, 2.05) is 24.3 Å². The van der Waals surface area contributed by atoms with Gasteiger partial charge in [0.05, 0.1) is 13.7 Å². The van der Waals surface area contributed by atoms with E-state index in [-0.39, 0.29) is 24.8 Å². The molecule has 2 rings (SSSR count). The predicted molar refractivity (Wildman–Crippen MR) is 76.1 cm³/mol. The number of rotatable bonds is 6. The molecular weight excluding hydrogens is 272 g/mol. The molecule has 0 fully saturated rings. The van der Waals surface area contributed by atoms with Crippen molar-refractivity contribution < 1.29 is 19.2 Å². The fourth-order valence-corrected chi connectivity index (χ4v) is 2.04. The fraction of sp³-hybridized carbons (Fsp3) is 0.333. The number of aryl methyl sites for hydroxylation is 1. The summed E-state index contributed by atoms with van der Waals surface area (Å²) < 4.78 is 10.2. The summed E-state index contributed by atoms with van der Waals surface area (Å²) in [6, 6.07) is 9.03. The van der Waals surface area contributed by atoms with Crippen molar-refractivity contribution in [3.63, 3.8) is 0 Å². The van der Waals surface area contributed by atoms with Crippen LogP contribution in [0.4, 0.5) is 0 Å². The highest BCUT2D eigenvalue weighted by Gasteiger charge is 2.20. The van der Waals surface area contributed by atoms with Crippen LogP contribution in [-0.2, 0) is 6.54 Å². The maximum Gasteiger partial charge on any atom is 0.276 e. The summed E-state index contributed by atoms with van der Waals surface area (Å²) >= 11 is 0. The van der Waals surface area contributed by atoms with Crippen molar-refractivity contribution in [1.82, 2.24) is 10.1 Å². The van der Waals surface area contributed by atoms with E-state index in [9.17, 15) is 9.90 Å². The van der Waals surface area contributed by atoms with E-state index in [1.165, 1.54) is 4.90 Å². The number of amides is 1. The van der Waals surface area contributed by atoms with E-state index < -0.39 is 0 Å². The number of benzene rings is 1. The quantitative estimate of drug-likeness (QED) is 0.875. The molecule has 0 aliphatic rings. The van der Waals surface area contributed by atoms with Crippen molar-refractivity contribution in [3.8, 4) is 5.75 Å². The monoisotopic (exact) mass is 290 g/mol. The average molecular weight is 290 g/mol. The Kier molecular flexibility index (Phi) is 4.94. The van der Waals surface area contributed by atoms with Crippen LogP contribution in [0.15, 0.2) is 34.9 Å². The summed E-state index contributed by atoms with van der Waals surface area (Å²) in [5.41, 5.74) is 1.10. The van der Waals surface area contributed by atoms with Gasteiger partial charge in [0.15, 0.2) is 5.69 Å². The third-order valence-corrected chi connectivity index (χ3v) is 3.06. The maximum absolute atomic E-state index is 12.4. The van der Waals surface area contributed by atoms with E-state index in [2.05, 4.69) is 5.16 Å². The first-order chi connectivity index (χ1) is 10.2. The van der Waals surface area contributed by atoms with Gasteiger partial charge < -0.3 is 19.3 Å². The van der Waals surface area contributed by atoms with Crippen molar-refractivity contribution in [2.24, 2.45) is 0 Å². The molecule has 0 saturated heterocycles. The van der Waals surface area contributed by atoms with Crippen molar-refractivity contribution in [2.75, 3.05) is 20.3 Å². The lowest BCUT2D eigenvalue weighted by atomic mass is 10.1. The Morgan fingerprint density at radius 3 is 2.81 bits per heavy atom. The molecule has 1 amide bonds. The van der Waals surface area contributed by atoms with Crippen molar-refractivity contribution in [3.05, 3.63) is 47.3 Å². The van der Waals surface area contributed by atoms with Crippen LogP contribution < -0.4 is 4.74 Å². The van der Waals surface area contributed by atoms with Gasteiger partial charge in [0.2, 0.25) is 0 Å². The van der Waals surface area contributed by atoms with Gasteiger partial charge in [-0.2, -0.15) is 0 Å². The molecule has 0 atom stereocenters. The van der Waals surface area contributed by atoms with Gasteiger partial charge in [-0.15, -0.1) is 0 Å². The van der Waals surface area contributed by atoms with Gasteiger partial charge >= 0.3 is 0 Å². The van der Waals surface area contributed by atoms with Crippen LogP contribution in [0.1, 0.15) is 21.8 Å². The Morgan fingerprint density at radius 1 is 1.43 bits per heavy atom. The number of aliphatic hydroxyl groups is 1. The lowest BCUT2D eigenvalue weighted by Crippen LogP contribution is -2.33. The lowest BCUT2D eigenvalue weighted by Gasteiger charge is -2.21. The normalized spacial score (nSPS) is 10.4. The molecule has 6 heteroatoms. The highest BCUT2D eigenvalue weighted by molar-refractivity contribution is 5.92. The molecule has 112 valence electrons. The summed E-state index contributed by atoms with van der Waals surface area (Å²) in [5, 5.41) is 12.9. The molecule has 6 nitrogen and oxygen atoms in total. The molecule has 0 saturated carbocycles. The van der Waals surface area contributed by atoms with Gasteiger partial charge in [-0.05, 0) is 13.0 Å². The number of nitrogens with zero attached hydrogens (tertiary/aromatic N) is 2. The second-order valence-corrected chi connectivity index (χ2v) is 4.58. The van der Waals surface area contributed by atoms with Crippen molar-refractivity contribution in [2.45, 2.75) is 13.5 Å². The molecule has 0 aliphatic heterocycles. The summed E-state index contributed by atoms with van der Waals surface area (Å²) in [5.74, 6) is 0.982. The van der Waals surface area contributed by atoms with Crippen LogP contribution in [0.5, 0.6) is 5.75 Å². The van der Waals surface area contributed by atoms with Gasteiger partial charge in [0.25, 0.3) is 5.91 Å². The minimum Gasteiger partial charge on any atom is -0.496 e. The third-order valence-electron chi connectivity index (χ3n) is 3.06.